The maximum Gasteiger partial charge on any atom is 0.455 e. The van der Waals surface area contributed by atoms with Crippen molar-refractivity contribution in [3.8, 4) is 0 Å². The fourth-order valence-corrected chi connectivity index (χ4v) is 8.71. The van der Waals surface area contributed by atoms with Crippen LogP contribution in [0.15, 0.2) is 83.5 Å². The van der Waals surface area contributed by atoms with Crippen molar-refractivity contribution in [3.05, 3.63) is 102 Å². The minimum absolute atomic E-state index is 0.0153. The van der Waals surface area contributed by atoms with Gasteiger partial charge in [0.05, 0.1) is 30.3 Å². The second-order valence-corrected chi connectivity index (χ2v) is 16.4. The molecule has 3 aliphatic rings. The maximum atomic E-state index is 14.8. The summed E-state index contributed by atoms with van der Waals surface area (Å²) >= 11 is 0. The third-order valence-electron chi connectivity index (χ3n) is 11.8. The smallest absolute Gasteiger partial charge is 0.455 e. The average Bonchev–Trinajstić information content (AvgIpc) is 3.83. The number of nitrogens with one attached hydrogen (secondary N) is 1. The summed E-state index contributed by atoms with van der Waals surface area (Å²) in [6.45, 7) is 5.78. The van der Waals surface area contributed by atoms with Crippen molar-refractivity contribution in [1.82, 2.24) is 25.0 Å². The number of pyridine rings is 1. The van der Waals surface area contributed by atoms with Crippen LogP contribution in [0.25, 0.3) is 11.0 Å². The van der Waals surface area contributed by atoms with Gasteiger partial charge in [-0.3, -0.25) is 24.4 Å². The van der Waals surface area contributed by atoms with Crippen LogP contribution in [0.2, 0.25) is 0 Å². The van der Waals surface area contributed by atoms with Crippen LogP contribution in [-0.4, -0.2) is 105 Å². The van der Waals surface area contributed by atoms with Crippen molar-refractivity contribution in [2.45, 2.75) is 94.6 Å². The van der Waals surface area contributed by atoms with E-state index < -0.39 is 53.9 Å². The molecule has 2 aromatic heterocycles. The van der Waals surface area contributed by atoms with E-state index in [2.05, 4.69) is 4.98 Å². The molecule has 1 unspecified atom stereocenters. The molecule has 5 atom stereocenters. The van der Waals surface area contributed by atoms with E-state index in [1.54, 1.807) is 28.3 Å². The van der Waals surface area contributed by atoms with Crippen LogP contribution in [0.3, 0.4) is 0 Å². The van der Waals surface area contributed by atoms with Gasteiger partial charge in [0.2, 0.25) is 11.8 Å². The number of furan rings is 1. The SMILES string of the molecule is CC1(C)O[C@@H]2Cc3ccccc3[C@@H]2N1C(=O)C(Cc1ccccc1)C[C@H](O)CN1CCN(C(C)(C)c2cc3cnccc3o2)C[C@H]1C(=O)NCC(F)(F)C(F)(F)F. The van der Waals surface area contributed by atoms with E-state index in [0.29, 0.717) is 30.7 Å². The molecular weight excluding hydrogens is 749 g/mol. The zero-order valence-corrected chi connectivity index (χ0v) is 32.3. The number of benzene rings is 2. The number of fused-ring (bicyclic) bond motifs is 4. The summed E-state index contributed by atoms with van der Waals surface area (Å²) in [5, 5.41) is 14.4. The van der Waals surface area contributed by atoms with Crippen LogP contribution in [0, 0.1) is 5.92 Å². The second-order valence-electron chi connectivity index (χ2n) is 16.4. The van der Waals surface area contributed by atoms with Crippen LogP contribution < -0.4 is 5.32 Å². The topological polar surface area (TPSA) is 111 Å². The lowest BCUT2D eigenvalue weighted by molar-refractivity contribution is -0.278. The number of halogens is 5. The molecule has 4 aromatic rings. The number of hydrogen-bond acceptors (Lipinski definition) is 8. The van der Waals surface area contributed by atoms with Gasteiger partial charge in [-0.25, -0.2) is 0 Å². The highest BCUT2D eigenvalue weighted by atomic mass is 19.4. The van der Waals surface area contributed by atoms with E-state index in [9.17, 15) is 36.6 Å². The fraction of sp³-hybridized carbons (Fsp3) is 0.500. The summed E-state index contributed by atoms with van der Waals surface area (Å²) in [5.74, 6) is -6.58. The number of carbonyl (C=O) groups excluding carboxylic acids is 2. The first kappa shape index (κ1) is 40.7. The van der Waals surface area contributed by atoms with Gasteiger partial charge in [0.25, 0.3) is 0 Å². The van der Waals surface area contributed by atoms with Gasteiger partial charge >= 0.3 is 12.1 Å². The summed E-state index contributed by atoms with van der Waals surface area (Å²) in [4.78, 5) is 37.9. The molecule has 2 aromatic carbocycles. The number of ether oxygens (including phenoxy) is 1. The quantitative estimate of drug-likeness (QED) is 0.163. The lowest BCUT2D eigenvalue weighted by Gasteiger charge is -2.47. The van der Waals surface area contributed by atoms with E-state index >= 15 is 0 Å². The molecule has 2 amide bonds. The number of alkyl halides is 5. The number of β-amino-alcohol motifs (C(OH)–C–C–N with tert-alkyl or cyclic N) is 1. The molecule has 0 bridgehead atoms. The molecule has 0 saturated carbocycles. The van der Waals surface area contributed by atoms with Gasteiger partial charge in [-0.2, -0.15) is 22.0 Å². The average molecular weight is 798 g/mol. The fourth-order valence-electron chi connectivity index (χ4n) is 8.71. The van der Waals surface area contributed by atoms with Crippen molar-refractivity contribution in [2.75, 3.05) is 32.7 Å². The molecular formula is C42H48F5N5O5. The van der Waals surface area contributed by atoms with Gasteiger partial charge in [0.15, 0.2) is 0 Å². The Morgan fingerprint density at radius 2 is 1.74 bits per heavy atom. The van der Waals surface area contributed by atoms with Crippen LogP contribution in [-0.2, 0) is 32.7 Å². The predicted molar refractivity (Wildman–Crippen MR) is 201 cm³/mol. The second kappa shape index (κ2) is 15.4. The van der Waals surface area contributed by atoms with E-state index in [-0.39, 0.29) is 44.1 Å². The van der Waals surface area contributed by atoms with Gasteiger partial charge in [-0.15, -0.1) is 0 Å². The highest BCUT2D eigenvalue weighted by Gasteiger charge is 2.58. The number of amides is 2. The molecule has 2 aliphatic heterocycles. The summed E-state index contributed by atoms with van der Waals surface area (Å²) in [7, 11) is 0. The molecule has 0 radical (unpaired) electrons. The molecule has 4 heterocycles. The molecule has 57 heavy (non-hydrogen) atoms. The van der Waals surface area contributed by atoms with Crippen molar-refractivity contribution in [2.24, 2.45) is 5.92 Å². The molecule has 2 fully saturated rings. The summed E-state index contributed by atoms with van der Waals surface area (Å²) in [6.07, 6.45) is -3.09. The van der Waals surface area contributed by atoms with E-state index in [4.69, 9.17) is 9.15 Å². The lowest BCUT2D eigenvalue weighted by Crippen LogP contribution is -2.64. The Kier molecular flexibility index (Phi) is 11.0. The Balaban J connectivity index is 1.13. The predicted octanol–water partition coefficient (Wildman–Crippen LogP) is 6.23. The first-order chi connectivity index (χ1) is 26.9. The molecule has 15 heteroatoms. The Hall–Kier alpha value is -4.44. The van der Waals surface area contributed by atoms with Crippen molar-refractivity contribution >= 4 is 22.8 Å². The number of aliphatic hydroxyl groups is 1. The minimum atomic E-state index is -5.86. The number of rotatable bonds is 12. The summed E-state index contributed by atoms with van der Waals surface area (Å²) in [5.41, 5.74) is 1.81. The zero-order valence-electron chi connectivity index (χ0n) is 32.3. The van der Waals surface area contributed by atoms with E-state index in [1.807, 2.05) is 98.6 Å². The van der Waals surface area contributed by atoms with Crippen LogP contribution >= 0.6 is 0 Å². The maximum absolute atomic E-state index is 14.8. The summed E-state index contributed by atoms with van der Waals surface area (Å²) in [6, 6.07) is 19.3. The van der Waals surface area contributed by atoms with Crippen molar-refractivity contribution < 1.29 is 45.8 Å². The number of aliphatic hydroxyl groups excluding tert-OH is 1. The highest BCUT2D eigenvalue weighted by molar-refractivity contribution is 5.83. The van der Waals surface area contributed by atoms with Crippen molar-refractivity contribution in [1.29, 1.82) is 0 Å². The van der Waals surface area contributed by atoms with E-state index in [0.717, 1.165) is 22.1 Å². The molecule has 2 saturated heterocycles. The Labute approximate surface area is 328 Å². The van der Waals surface area contributed by atoms with Crippen molar-refractivity contribution in [3.63, 3.8) is 0 Å². The Morgan fingerprint density at radius 3 is 2.46 bits per heavy atom. The monoisotopic (exact) mass is 797 g/mol. The number of nitrogens with zero attached hydrogens (tertiary/aromatic N) is 4. The first-order valence-electron chi connectivity index (χ1n) is 19.2. The van der Waals surface area contributed by atoms with Crippen LogP contribution in [0.4, 0.5) is 22.0 Å². The lowest BCUT2D eigenvalue weighted by atomic mass is 9.90. The third-order valence-corrected chi connectivity index (χ3v) is 11.8. The number of piperazine rings is 1. The molecule has 10 nitrogen and oxygen atoms in total. The Morgan fingerprint density at radius 1 is 1.02 bits per heavy atom. The largest absolute Gasteiger partial charge is 0.459 e. The first-order valence-corrected chi connectivity index (χ1v) is 19.2. The van der Waals surface area contributed by atoms with Crippen LogP contribution in [0.1, 0.15) is 62.6 Å². The summed E-state index contributed by atoms with van der Waals surface area (Å²) < 4.78 is 80.0. The number of aromatic nitrogens is 1. The molecule has 7 rings (SSSR count). The Bertz CT molecular complexity index is 2040. The molecule has 306 valence electrons. The zero-order chi connectivity index (χ0) is 40.9. The molecule has 0 spiro atoms. The van der Waals surface area contributed by atoms with Gasteiger partial charge < -0.3 is 24.5 Å². The molecule has 2 N–H and O–H groups in total. The van der Waals surface area contributed by atoms with Gasteiger partial charge in [0, 0.05) is 56.3 Å². The van der Waals surface area contributed by atoms with Gasteiger partial charge in [-0.1, -0.05) is 54.6 Å². The molecule has 1 aliphatic carbocycles. The third kappa shape index (κ3) is 8.16. The minimum Gasteiger partial charge on any atom is -0.459 e. The van der Waals surface area contributed by atoms with Gasteiger partial charge in [0.1, 0.15) is 23.1 Å². The van der Waals surface area contributed by atoms with E-state index in [1.165, 1.54) is 0 Å². The highest BCUT2D eigenvalue weighted by Crippen LogP contribution is 2.49. The van der Waals surface area contributed by atoms with Crippen LogP contribution in [0.5, 0.6) is 0 Å². The van der Waals surface area contributed by atoms with Gasteiger partial charge in [-0.05, 0) is 69.4 Å². The normalized spacial score (nSPS) is 22.6. The number of hydrogen-bond donors (Lipinski definition) is 2. The standard InChI is InChI=1S/C42H48F5N5O5/c1-39(2,35-21-29-22-48-15-14-33(29)56-35)51-17-16-50(32(24-51)37(54)49-25-41(43,44)42(45,46)47)23-30(53)19-28(18-26-10-6-5-7-11-26)38(55)52-36-31-13-9-8-12-27(31)20-34(36)57-40(52,3)4/h5-15,21-22,28,30,32,34,36,53H,16-20,23-25H2,1-4H3,(H,49,54)/t28?,30-,32-,34+,36-/m0/s1. The number of carbonyl (C=O) groups is 2.